The molecule has 0 saturated carbocycles. The number of benzene rings is 1. The Morgan fingerprint density at radius 2 is 2.10 bits per heavy atom. The first-order valence-corrected chi connectivity index (χ1v) is 6.98. The molecule has 5 nitrogen and oxygen atoms in total. The molecule has 0 bridgehead atoms. The molecule has 1 aromatic carbocycles. The molecule has 1 aliphatic rings. The molecule has 1 aromatic rings. The molecule has 2 amide bonds. The summed E-state index contributed by atoms with van der Waals surface area (Å²) >= 11 is 0. The topological polar surface area (TPSA) is 67.4 Å². The molecule has 0 spiro atoms. The van der Waals surface area contributed by atoms with E-state index in [0.717, 1.165) is 12.8 Å². The molecule has 108 valence electrons. The number of rotatable bonds is 4. The third kappa shape index (κ3) is 2.76. The van der Waals surface area contributed by atoms with E-state index in [2.05, 4.69) is 10.6 Å². The van der Waals surface area contributed by atoms with Gasteiger partial charge in [-0.1, -0.05) is 19.9 Å². The maximum absolute atomic E-state index is 12.1. The maximum atomic E-state index is 12.1. The van der Waals surface area contributed by atoms with Crippen LogP contribution in [0.25, 0.3) is 0 Å². The molecular formula is C15H20N2O3. The summed E-state index contributed by atoms with van der Waals surface area (Å²) in [6, 6.07) is 5.34. The van der Waals surface area contributed by atoms with Crippen molar-refractivity contribution in [3.8, 4) is 5.75 Å². The van der Waals surface area contributed by atoms with Gasteiger partial charge in [-0.25, -0.2) is 0 Å². The fourth-order valence-electron chi connectivity index (χ4n) is 2.23. The van der Waals surface area contributed by atoms with Gasteiger partial charge in [-0.15, -0.1) is 0 Å². The molecule has 1 aliphatic heterocycles. The van der Waals surface area contributed by atoms with Crippen molar-refractivity contribution in [1.29, 1.82) is 0 Å². The third-order valence-electron chi connectivity index (χ3n) is 3.56. The van der Waals surface area contributed by atoms with Gasteiger partial charge in [-0.2, -0.15) is 0 Å². The van der Waals surface area contributed by atoms with Crippen LogP contribution in [0.1, 0.15) is 33.6 Å². The zero-order valence-corrected chi connectivity index (χ0v) is 12.0. The van der Waals surface area contributed by atoms with Crippen LogP contribution in [0.5, 0.6) is 5.75 Å². The van der Waals surface area contributed by atoms with Gasteiger partial charge in [0, 0.05) is 5.92 Å². The second-order valence-corrected chi connectivity index (χ2v) is 4.93. The third-order valence-corrected chi connectivity index (χ3v) is 3.56. The van der Waals surface area contributed by atoms with Crippen molar-refractivity contribution >= 4 is 23.2 Å². The minimum absolute atomic E-state index is 0.0232. The van der Waals surface area contributed by atoms with E-state index in [4.69, 9.17) is 4.74 Å². The predicted molar refractivity (Wildman–Crippen MR) is 77.9 cm³/mol. The van der Waals surface area contributed by atoms with Crippen LogP contribution in [0, 0.1) is 5.92 Å². The zero-order valence-electron chi connectivity index (χ0n) is 12.0. The van der Waals surface area contributed by atoms with E-state index in [-0.39, 0.29) is 17.7 Å². The number of para-hydroxylation sites is 1. The molecule has 0 fully saturated rings. The number of hydrogen-bond donors (Lipinski definition) is 2. The van der Waals surface area contributed by atoms with E-state index < -0.39 is 6.10 Å². The lowest BCUT2D eigenvalue weighted by Crippen LogP contribution is -2.35. The first-order chi connectivity index (χ1) is 9.56. The van der Waals surface area contributed by atoms with Crippen LogP contribution in [0.3, 0.4) is 0 Å². The average molecular weight is 276 g/mol. The van der Waals surface area contributed by atoms with Crippen molar-refractivity contribution in [2.45, 2.75) is 39.7 Å². The Labute approximate surface area is 118 Å². The van der Waals surface area contributed by atoms with Crippen molar-refractivity contribution in [3.63, 3.8) is 0 Å². The molecule has 20 heavy (non-hydrogen) atoms. The van der Waals surface area contributed by atoms with E-state index in [9.17, 15) is 9.59 Å². The highest BCUT2D eigenvalue weighted by atomic mass is 16.5. The lowest BCUT2D eigenvalue weighted by Gasteiger charge is -2.25. The molecule has 1 atom stereocenters. The lowest BCUT2D eigenvalue weighted by molar-refractivity contribution is -0.123. The second-order valence-electron chi connectivity index (χ2n) is 4.93. The largest absolute Gasteiger partial charge is 0.479 e. The molecule has 1 heterocycles. The van der Waals surface area contributed by atoms with Crippen molar-refractivity contribution in [1.82, 2.24) is 0 Å². The Morgan fingerprint density at radius 3 is 2.75 bits per heavy atom. The molecule has 0 aliphatic carbocycles. The predicted octanol–water partition coefficient (Wildman–Crippen LogP) is 2.78. The van der Waals surface area contributed by atoms with Crippen LogP contribution in [-0.4, -0.2) is 17.9 Å². The Balaban J connectivity index is 2.24. The van der Waals surface area contributed by atoms with Gasteiger partial charge in [-0.05, 0) is 31.9 Å². The Hall–Kier alpha value is -2.04. The molecule has 2 rings (SSSR count). The van der Waals surface area contributed by atoms with Gasteiger partial charge in [0.1, 0.15) is 11.4 Å². The first-order valence-electron chi connectivity index (χ1n) is 6.98. The van der Waals surface area contributed by atoms with Crippen LogP contribution >= 0.6 is 0 Å². The first kappa shape index (κ1) is 14.4. The lowest BCUT2D eigenvalue weighted by atomic mass is 10.0. The SMILES string of the molecule is CCC(CC)C(=O)Nc1cccc2c1NC(=O)C(C)O2. The number of anilines is 2. The summed E-state index contributed by atoms with van der Waals surface area (Å²) in [6.07, 6.45) is 1.06. The van der Waals surface area contributed by atoms with Gasteiger partial charge in [0.15, 0.2) is 6.10 Å². The smallest absolute Gasteiger partial charge is 0.265 e. The molecule has 5 heteroatoms. The van der Waals surface area contributed by atoms with Crippen LogP contribution in [-0.2, 0) is 9.59 Å². The number of carbonyl (C=O) groups is 2. The van der Waals surface area contributed by atoms with Crippen molar-refractivity contribution in [3.05, 3.63) is 18.2 Å². The number of ether oxygens (including phenoxy) is 1. The van der Waals surface area contributed by atoms with Crippen LogP contribution in [0.2, 0.25) is 0 Å². The molecule has 2 N–H and O–H groups in total. The normalized spacial score (nSPS) is 17.2. The Morgan fingerprint density at radius 1 is 1.40 bits per heavy atom. The Kier molecular flexibility index (Phi) is 4.27. The summed E-state index contributed by atoms with van der Waals surface area (Å²) in [7, 11) is 0. The molecule has 0 aromatic heterocycles. The molecule has 0 radical (unpaired) electrons. The molecule has 1 unspecified atom stereocenters. The van der Waals surface area contributed by atoms with Crippen molar-refractivity contribution in [2.75, 3.05) is 10.6 Å². The Bertz CT molecular complexity index is 524. The summed E-state index contributed by atoms with van der Waals surface area (Å²) in [4.78, 5) is 23.8. The number of hydrogen-bond acceptors (Lipinski definition) is 3. The van der Waals surface area contributed by atoms with E-state index in [1.54, 1.807) is 25.1 Å². The number of fused-ring (bicyclic) bond motifs is 1. The molecular weight excluding hydrogens is 256 g/mol. The van der Waals surface area contributed by atoms with Gasteiger partial charge < -0.3 is 15.4 Å². The summed E-state index contributed by atoms with van der Waals surface area (Å²) in [5.74, 6) is 0.322. The summed E-state index contributed by atoms with van der Waals surface area (Å²) in [5.41, 5.74) is 1.12. The highest BCUT2D eigenvalue weighted by Gasteiger charge is 2.26. The minimum Gasteiger partial charge on any atom is -0.479 e. The van der Waals surface area contributed by atoms with Gasteiger partial charge in [0.2, 0.25) is 5.91 Å². The van der Waals surface area contributed by atoms with Gasteiger partial charge in [-0.3, -0.25) is 9.59 Å². The van der Waals surface area contributed by atoms with Crippen LogP contribution < -0.4 is 15.4 Å². The van der Waals surface area contributed by atoms with Crippen LogP contribution in [0.15, 0.2) is 18.2 Å². The van der Waals surface area contributed by atoms with Crippen LogP contribution in [0.4, 0.5) is 11.4 Å². The van der Waals surface area contributed by atoms with E-state index in [0.29, 0.717) is 17.1 Å². The summed E-state index contributed by atoms with van der Waals surface area (Å²) in [5, 5.41) is 5.65. The number of carbonyl (C=O) groups excluding carboxylic acids is 2. The van der Waals surface area contributed by atoms with E-state index in [1.165, 1.54) is 0 Å². The van der Waals surface area contributed by atoms with Crippen molar-refractivity contribution < 1.29 is 14.3 Å². The fourth-order valence-corrected chi connectivity index (χ4v) is 2.23. The monoisotopic (exact) mass is 276 g/mol. The van der Waals surface area contributed by atoms with Crippen molar-refractivity contribution in [2.24, 2.45) is 5.92 Å². The minimum atomic E-state index is -0.521. The van der Waals surface area contributed by atoms with E-state index >= 15 is 0 Å². The quantitative estimate of drug-likeness (QED) is 0.888. The summed E-state index contributed by atoms with van der Waals surface area (Å²) in [6.45, 7) is 5.66. The number of amides is 2. The molecule has 0 saturated heterocycles. The highest BCUT2D eigenvalue weighted by molar-refractivity contribution is 6.04. The maximum Gasteiger partial charge on any atom is 0.265 e. The second kappa shape index (κ2) is 5.94. The van der Waals surface area contributed by atoms with Gasteiger partial charge >= 0.3 is 0 Å². The average Bonchev–Trinajstić information content (AvgIpc) is 2.42. The highest BCUT2D eigenvalue weighted by Crippen LogP contribution is 2.36. The van der Waals surface area contributed by atoms with E-state index in [1.807, 2.05) is 13.8 Å². The summed E-state index contributed by atoms with van der Waals surface area (Å²) < 4.78 is 5.52. The number of nitrogens with one attached hydrogen (secondary N) is 2. The zero-order chi connectivity index (χ0) is 14.7. The standard InChI is InChI=1S/C15H20N2O3/c1-4-10(5-2)15(19)16-11-7-6-8-12-13(11)17-14(18)9(3)20-12/h6-10H,4-5H2,1-3H3,(H,16,19)(H,17,18). The fraction of sp³-hybridized carbons (Fsp3) is 0.467. The van der Waals surface area contributed by atoms with Gasteiger partial charge in [0.05, 0.1) is 5.69 Å². The van der Waals surface area contributed by atoms with Gasteiger partial charge in [0.25, 0.3) is 5.91 Å².